The van der Waals surface area contributed by atoms with E-state index in [4.69, 9.17) is 14.4 Å². The molecule has 2 aliphatic carbocycles. The highest BCUT2D eigenvalue weighted by Gasteiger charge is 2.32. The number of piperazine rings is 1. The summed E-state index contributed by atoms with van der Waals surface area (Å²) < 4.78 is 11.1. The summed E-state index contributed by atoms with van der Waals surface area (Å²) in [6, 6.07) is 15.0. The third-order valence-electron chi connectivity index (χ3n) is 19.8. The minimum Gasteiger partial charge on any atom is -0.444 e. The molecule has 568 valence electrons. The van der Waals surface area contributed by atoms with Crippen molar-refractivity contribution in [1.29, 1.82) is 0 Å². The van der Waals surface area contributed by atoms with Crippen molar-refractivity contribution in [3.8, 4) is 0 Å². The van der Waals surface area contributed by atoms with Crippen molar-refractivity contribution in [1.82, 2.24) is 68.6 Å². The van der Waals surface area contributed by atoms with Gasteiger partial charge in [-0.2, -0.15) is 9.97 Å². The second kappa shape index (κ2) is 35.6. The van der Waals surface area contributed by atoms with Crippen molar-refractivity contribution in [2.45, 2.75) is 202 Å². The molecule has 12 rings (SSSR count). The number of pyridine rings is 2. The third kappa shape index (κ3) is 23.1. The number of ketones is 1. The van der Waals surface area contributed by atoms with Gasteiger partial charge in [0.1, 0.15) is 50.9 Å². The van der Waals surface area contributed by atoms with Crippen LogP contribution in [0, 0.1) is 5.92 Å². The number of Topliss-reactive ketones (excluding diaryl/α,β-unsaturated/α-hetero) is 1. The number of likely N-dealkylation sites (tertiary alicyclic amines) is 1. The molecule has 0 spiro atoms. The molecule has 5 N–H and O–H groups in total. The van der Waals surface area contributed by atoms with Crippen molar-refractivity contribution in [2.75, 3.05) is 89.5 Å². The summed E-state index contributed by atoms with van der Waals surface area (Å²) in [5.74, 6) is 4.85. The fraction of sp³-hybridized carbons (Fsp3) is 0.573. The minimum atomic E-state index is -2.09. The van der Waals surface area contributed by atoms with Crippen molar-refractivity contribution in [2.24, 2.45) is 5.92 Å². The van der Waals surface area contributed by atoms with Crippen molar-refractivity contribution in [3.63, 3.8) is 0 Å². The lowest BCUT2D eigenvalue weighted by Crippen LogP contribution is -2.47. The number of piperidine rings is 1. The number of hydrogen-bond acceptors (Lipinski definition) is 22. The van der Waals surface area contributed by atoms with Gasteiger partial charge >= 0.3 is 0 Å². The maximum Gasteiger partial charge on any atom is 0.270 e. The molecule has 105 heavy (non-hydrogen) atoms. The minimum absolute atomic E-state index is 0.00373. The molecule has 4 aliphatic rings. The van der Waals surface area contributed by atoms with Crippen LogP contribution in [0.5, 0.6) is 0 Å². The van der Waals surface area contributed by atoms with Gasteiger partial charge in [0.25, 0.3) is 11.8 Å². The molecule has 25 nitrogen and oxygen atoms in total. The van der Waals surface area contributed by atoms with Crippen LogP contribution >= 0.6 is 23.1 Å². The summed E-state index contributed by atoms with van der Waals surface area (Å²) in [4.78, 5) is 128. The topological polar surface area (TPSA) is 295 Å². The Hall–Kier alpha value is -7.30. The molecule has 4 fully saturated rings. The molecule has 0 atom stereocenters. The van der Waals surface area contributed by atoms with Crippen molar-refractivity contribution < 1.29 is 38.0 Å². The number of amides is 3. The number of nitrogens with zero attached hydrogens (tertiary/aromatic N) is 15. The summed E-state index contributed by atoms with van der Waals surface area (Å²) in [5, 5.41) is 9.05. The summed E-state index contributed by atoms with van der Waals surface area (Å²) in [6.45, 7) is 24.2. The Balaban J connectivity index is 0.000000169. The molecule has 0 bridgehead atoms. The molecular formula is C75H111N17O8S2Si3. The predicted octanol–water partition coefficient (Wildman–Crippen LogP) is 13.3. The summed E-state index contributed by atoms with van der Waals surface area (Å²) in [6.07, 6.45) is 24.8. The molecule has 0 unspecified atom stereocenters. The highest BCUT2D eigenvalue weighted by atomic mass is 32.2. The SMILES string of the molecule is CC(C)(C)c1cnc(CSc2cnc(CC(=O)C3CCN(C(=O)CCC[Si](C)(C)O)CC3)s2)o1.CN(C)C(=O)c1cc2cnc(Nc3ccc(CCC[Si](C)(C)O)cn3)nc2n1C1CCCC1.CN(C)C(=O)c1cc2cnc(Nc3ccc(N4CCN(CC[Si](C)(C)O)CC4)cn3)nc2n1C1CCCC1. The summed E-state index contributed by atoms with van der Waals surface area (Å²) in [5.41, 5.74) is 5.12. The Morgan fingerprint density at radius 3 is 1.64 bits per heavy atom. The van der Waals surface area contributed by atoms with E-state index in [1.807, 2.05) is 87.0 Å². The van der Waals surface area contributed by atoms with Crippen molar-refractivity contribution in [3.05, 3.63) is 107 Å². The molecule has 0 radical (unpaired) electrons. The first-order chi connectivity index (χ1) is 49.8. The van der Waals surface area contributed by atoms with Gasteiger partial charge in [0.05, 0.1) is 40.7 Å². The smallest absolute Gasteiger partial charge is 0.270 e. The monoisotopic (exact) mass is 1530 g/mol. The Morgan fingerprint density at radius 1 is 0.619 bits per heavy atom. The lowest BCUT2D eigenvalue weighted by atomic mass is 9.91. The first-order valence-corrected chi connectivity index (χ1v) is 48.7. The predicted molar refractivity (Wildman–Crippen MR) is 426 cm³/mol. The number of oxazole rings is 1. The largest absolute Gasteiger partial charge is 0.444 e. The number of carbonyl (C=O) groups is 4. The molecule has 8 aromatic heterocycles. The fourth-order valence-electron chi connectivity index (χ4n) is 13.8. The van der Waals surface area contributed by atoms with Crippen LogP contribution < -0.4 is 15.5 Å². The second-order valence-corrected chi connectivity index (χ2v) is 46.7. The fourth-order valence-corrected chi connectivity index (χ4v) is 18.6. The van der Waals surface area contributed by atoms with Gasteiger partial charge < -0.3 is 63.1 Å². The Labute approximate surface area is 630 Å². The van der Waals surface area contributed by atoms with Crippen LogP contribution in [0.15, 0.2) is 82.2 Å². The normalized spacial score (nSPS) is 16.0. The van der Waals surface area contributed by atoms with Gasteiger partial charge in [0.2, 0.25) is 23.7 Å². The van der Waals surface area contributed by atoms with E-state index in [9.17, 15) is 33.6 Å². The van der Waals surface area contributed by atoms with Gasteiger partial charge in [-0.25, -0.2) is 29.9 Å². The van der Waals surface area contributed by atoms with Gasteiger partial charge in [-0.3, -0.25) is 19.2 Å². The highest BCUT2D eigenvalue weighted by Crippen LogP contribution is 2.38. The zero-order valence-electron chi connectivity index (χ0n) is 64.0. The number of hydrogen-bond donors (Lipinski definition) is 5. The Bertz CT molecular complexity index is 4190. The lowest BCUT2D eigenvalue weighted by molar-refractivity contribution is -0.135. The second-order valence-electron chi connectivity index (χ2n) is 32.0. The summed E-state index contributed by atoms with van der Waals surface area (Å²) in [7, 11) is 1.04. The number of aromatic nitrogens is 10. The van der Waals surface area contributed by atoms with E-state index in [1.165, 1.54) is 25.7 Å². The summed E-state index contributed by atoms with van der Waals surface area (Å²) >= 11 is 3.18. The first-order valence-electron chi connectivity index (χ1n) is 37.4. The van der Waals surface area contributed by atoms with Gasteiger partial charge in [0, 0.05) is 127 Å². The van der Waals surface area contributed by atoms with Crippen LogP contribution in [-0.2, 0) is 33.6 Å². The lowest BCUT2D eigenvalue weighted by Gasteiger charge is -2.36. The van der Waals surface area contributed by atoms with E-state index in [0.29, 0.717) is 72.5 Å². The quantitative estimate of drug-likeness (QED) is 0.0249. The average Bonchev–Trinajstić information content (AvgIpc) is 1.62. The molecule has 30 heteroatoms. The molecule has 2 saturated heterocycles. The molecule has 3 amide bonds. The molecule has 2 aliphatic heterocycles. The number of carbonyl (C=O) groups excluding carboxylic acids is 4. The van der Waals surface area contributed by atoms with Gasteiger partial charge in [-0.05, 0) is 158 Å². The van der Waals surface area contributed by atoms with E-state index < -0.39 is 25.0 Å². The van der Waals surface area contributed by atoms with Crippen LogP contribution in [0.3, 0.4) is 0 Å². The number of nitrogens with one attached hydrogen (secondary N) is 2. The zero-order valence-corrected chi connectivity index (χ0v) is 68.6. The number of fused-ring (bicyclic) bond motifs is 2. The number of aryl methyl sites for hydroxylation is 1. The van der Waals surface area contributed by atoms with E-state index in [-0.39, 0.29) is 46.9 Å². The van der Waals surface area contributed by atoms with Crippen LogP contribution in [0.25, 0.3) is 22.1 Å². The molecule has 0 aromatic carbocycles. The molecule has 8 aromatic rings. The van der Waals surface area contributed by atoms with Crippen LogP contribution in [0.4, 0.5) is 29.2 Å². The third-order valence-corrected chi connectivity index (χ3v) is 26.6. The van der Waals surface area contributed by atoms with E-state index in [0.717, 1.165) is 157 Å². The first kappa shape index (κ1) is 80.2. The van der Waals surface area contributed by atoms with E-state index in [2.05, 4.69) is 92.4 Å². The maximum absolute atomic E-state index is 12.9. The van der Waals surface area contributed by atoms with E-state index in [1.54, 1.807) is 79.7 Å². The molecular weight excluding hydrogens is 1420 g/mol. The number of anilines is 5. The van der Waals surface area contributed by atoms with Gasteiger partial charge in [-0.15, -0.1) is 23.1 Å². The molecule has 10 heterocycles. The number of rotatable bonds is 26. The van der Waals surface area contributed by atoms with E-state index >= 15 is 0 Å². The number of thioether (sulfide) groups is 1. The van der Waals surface area contributed by atoms with Crippen LogP contribution in [-0.4, -0.2) is 205 Å². The zero-order chi connectivity index (χ0) is 75.4. The number of thiazole rings is 1. The van der Waals surface area contributed by atoms with Crippen LogP contribution in [0.1, 0.15) is 160 Å². The van der Waals surface area contributed by atoms with Gasteiger partial charge in [-0.1, -0.05) is 52.5 Å². The Kier molecular flexibility index (Phi) is 27.2. The maximum atomic E-state index is 12.9. The van der Waals surface area contributed by atoms with Gasteiger partial charge in [0.15, 0.2) is 25.0 Å². The van der Waals surface area contributed by atoms with Crippen molar-refractivity contribution >= 4 is 123 Å². The average molecular weight is 1530 g/mol. The van der Waals surface area contributed by atoms with Crippen LogP contribution in [0.2, 0.25) is 57.4 Å². The highest BCUT2D eigenvalue weighted by molar-refractivity contribution is 8.00. The standard InChI is InChI=1S/C27H40N8O2Si.C24H34N6O2Si.C24H37N3O4S2Si/c1-32(2)26(36)23-17-20-18-29-27(31-25(20)35(23)21-7-5-6-8-21)30-24-10-9-22(19-28-24)34-13-11-33(12-14-34)15-16-38(3,4)37;1-29(2)23(31)20-14-18-16-26-24(28-22(18)30(20)19-9-5-6-10-19)27-21-12-11-17(15-25-21)8-7-13-33(3,4)32;1-24(2,3)19-14-25-20(31-19)16-32-23-15-26-21(33-23)13-18(28)17-8-10-27(11-9-17)22(29)7-6-12-34(4,5)30/h9-10,17-19,21,37H,5-8,11-16H2,1-4H3,(H,28,29,30,31);11-12,14-16,19,32H,5-10,13H2,1-4H3,(H,25,26,27,28);14-15,17,30H,6-13,16H2,1-5H3. The molecule has 2 saturated carbocycles. The Morgan fingerprint density at radius 2 is 1.15 bits per heavy atom.